The van der Waals surface area contributed by atoms with Gasteiger partial charge < -0.3 is 5.32 Å². The lowest BCUT2D eigenvalue weighted by Crippen LogP contribution is -2.27. The Morgan fingerprint density at radius 3 is 2.67 bits per heavy atom. The highest BCUT2D eigenvalue weighted by Gasteiger charge is 2.20. The minimum Gasteiger partial charge on any atom is -0.312 e. The molecule has 1 aromatic heterocycles. The fourth-order valence-corrected chi connectivity index (χ4v) is 2.80. The van der Waals surface area contributed by atoms with Crippen LogP contribution in [0.25, 0.3) is 0 Å². The Morgan fingerprint density at radius 2 is 2.06 bits per heavy atom. The maximum absolute atomic E-state index is 11.4. The average molecular weight is 269 g/mol. The monoisotopic (exact) mass is 269 g/mol. The summed E-state index contributed by atoms with van der Waals surface area (Å²) in [7, 11) is -3.09. The molecule has 18 heavy (non-hydrogen) atoms. The van der Waals surface area contributed by atoms with Crippen LogP contribution in [0.3, 0.4) is 0 Å². The number of nitrogens with zero attached hydrogens (tertiary/aromatic N) is 2. The van der Waals surface area contributed by atoms with Crippen LogP contribution in [0.1, 0.15) is 42.5 Å². The number of sulfone groups is 1. The van der Waals surface area contributed by atoms with Crippen LogP contribution in [0, 0.1) is 0 Å². The Labute approximate surface area is 108 Å². The molecule has 0 bridgehead atoms. The molecule has 0 aliphatic carbocycles. The quantitative estimate of drug-likeness (QED) is 0.878. The third kappa shape index (κ3) is 3.05. The molecule has 0 unspecified atom stereocenters. The summed E-state index contributed by atoms with van der Waals surface area (Å²) in [4.78, 5) is 8.85. The Balaban J connectivity index is 2.48. The normalized spacial score (nSPS) is 15.8. The maximum atomic E-state index is 11.4. The largest absolute Gasteiger partial charge is 0.312 e. The van der Waals surface area contributed by atoms with E-state index in [1.807, 2.05) is 0 Å². The zero-order chi connectivity index (χ0) is 13.3. The summed E-state index contributed by atoms with van der Waals surface area (Å²) < 4.78 is 22.7. The first-order valence-corrected chi connectivity index (χ1v) is 8.20. The van der Waals surface area contributed by atoms with E-state index in [2.05, 4.69) is 29.1 Å². The van der Waals surface area contributed by atoms with E-state index >= 15 is 0 Å². The van der Waals surface area contributed by atoms with Crippen molar-refractivity contribution >= 4 is 9.84 Å². The van der Waals surface area contributed by atoms with E-state index in [4.69, 9.17) is 0 Å². The van der Waals surface area contributed by atoms with Crippen LogP contribution in [0.5, 0.6) is 0 Å². The van der Waals surface area contributed by atoms with Gasteiger partial charge in [-0.25, -0.2) is 18.4 Å². The Hall–Kier alpha value is -1.01. The standard InChI is InChI=1S/C12H19N3O2S/c1-8(2)12-9-6-13-5-4-10(9)14-11(15-12)7-18(3,16)17/h8,13H,4-7H2,1-3H3. The molecular weight excluding hydrogens is 250 g/mol. The second-order valence-corrected chi connectivity index (χ2v) is 7.24. The van der Waals surface area contributed by atoms with E-state index in [0.29, 0.717) is 5.82 Å². The summed E-state index contributed by atoms with van der Waals surface area (Å²) in [5.74, 6) is 0.634. The van der Waals surface area contributed by atoms with Crippen LogP contribution in [-0.4, -0.2) is 31.2 Å². The van der Waals surface area contributed by atoms with Crippen molar-refractivity contribution in [3.8, 4) is 0 Å². The molecule has 2 rings (SSSR count). The minimum absolute atomic E-state index is 0.0760. The van der Waals surface area contributed by atoms with Crippen LogP contribution in [0.2, 0.25) is 0 Å². The zero-order valence-electron chi connectivity index (χ0n) is 11.0. The lowest BCUT2D eigenvalue weighted by molar-refractivity contribution is 0.591. The van der Waals surface area contributed by atoms with E-state index < -0.39 is 9.84 Å². The predicted octanol–water partition coefficient (Wildman–Crippen LogP) is 0.790. The van der Waals surface area contributed by atoms with E-state index in [1.54, 1.807) is 0 Å². The van der Waals surface area contributed by atoms with E-state index in [9.17, 15) is 8.42 Å². The van der Waals surface area contributed by atoms with Crippen molar-refractivity contribution in [1.29, 1.82) is 0 Å². The fourth-order valence-electron chi connectivity index (χ4n) is 2.20. The topological polar surface area (TPSA) is 72.0 Å². The average Bonchev–Trinajstić information content (AvgIpc) is 2.25. The van der Waals surface area contributed by atoms with Crippen molar-refractivity contribution < 1.29 is 8.42 Å². The summed E-state index contributed by atoms with van der Waals surface area (Å²) in [6, 6.07) is 0. The third-order valence-electron chi connectivity index (χ3n) is 2.95. The number of aromatic nitrogens is 2. The van der Waals surface area contributed by atoms with E-state index in [0.717, 1.165) is 36.5 Å². The molecule has 2 heterocycles. The zero-order valence-corrected chi connectivity index (χ0v) is 11.8. The smallest absolute Gasteiger partial charge is 0.154 e. The van der Waals surface area contributed by atoms with Gasteiger partial charge in [0.15, 0.2) is 9.84 Å². The van der Waals surface area contributed by atoms with Crippen LogP contribution in [0.15, 0.2) is 0 Å². The number of hydrogen-bond acceptors (Lipinski definition) is 5. The van der Waals surface area contributed by atoms with Crippen LogP contribution in [-0.2, 0) is 28.6 Å². The van der Waals surface area contributed by atoms with Gasteiger partial charge in [-0.3, -0.25) is 0 Å². The van der Waals surface area contributed by atoms with E-state index in [1.165, 1.54) is 6.26 Å². The van der Waals surface area contributed by atoms with Gasteiger partial charge in [0.25, 0.3) is 0 Å². The predicted molar refractivity (Wildman–Crippen MR) is 70.1 cm³/mol. The van der Waals surface area contributed by atoms with Gasteiger partial charge in [0.1, 0.15) is 11.6 Å². The number of rotatable bonds is 3. The molecule has 0 saturated carbocycles. The molecule has 5 nitrogen and oxygen atoms in total. The van der Waals surface area contributed by atoms with Gasteiger partial charge in [0, 0.05) is 31.3 Å². The highest BCUT2D eigenvalue weighted by Crippen LogP contribution is 2.22. The van der Waals surface area contributed by atoms with Gasteiger partial charge in [-0.15, -0.1) is 0 Å². The van der Waals surface area contributed by atoms with Gasteiger partial charge in [-0.2, -0.15) is 0 Å². The first-order valence-electron chi connectivity index (χ1n) is 6.14. The number of fused-ring (bicyclic) bond motifs is 1. The molecule has 0 amide bonds. The van der Waals surface area contributed by atoms with Crippen molar-refractivity contribution in [2.45, 2.75) is 38.5 Å². The van der Waals surface area contributed by atoms with Crippen molar-refractivity contribution in [3.05, 3.63) is 22.8 Å². The van der Waals surface area contributed by atoms with Gasteiger partial charge in [-0.1, -0.05) is 13.8 Å². The molecule has 0 fully saturated rings. The lowest BCUT2D eigenvalue weighted by atomic mass is 9.98. The molecule has 0 radical (unpaired) electrons. The molecule has 1 N–H and O–H groups in total. The third-order valence-corrected chi connectivity index (χ3v) is 3.73. The Morgan fingerprint density at radius 1 is 1.33 bits per heavy atom. The molecular formula is C12H19N3O2S. The second kappa shape index (κ2) is 4.93. The van der Waals surface area contributed by atoms with Crippen molar-refractivity contribution in [2.75, 3.05) is 12.8 Å². The highest BCUT2D eigenvalue weighted by molar-refractivity contribution is 7.89. The Kier molecular flexibility index (Phi) is 3.68. The van der Waals surface area contributed by atoms with Gasteiger partial charge >= 0.3 is 0 Å². The summed E-state index contributed by atoms with van der Waals surface area (Å²) in [6.45, 7) is 5.81. The Bertz CT molecular complexity index is 553. The summed E-state index contributed by atoms with van der Waals surface area (Å²) >= 11 is 0. The minimum atomic E-state index is -3.09. The maximum Gasteiger partial charge on any atom is 0.154 e. The van der Waals surface area contributed by atoms with Gasteiger partial charge in [0.2, 0.25) is 0 Å². The number of nitrogens with one attached hydrogen (secondary N) is 1. The van der Waals surface area contributed by atoms with Crippen LogP contribution >= 0.6 is 0 Å². The molecule has 100 valence electrons. The van der Waals surface area contributed by atoms with Crippen molar-refractivity contribution in [1.82, 2.24) is 15.3 Å². The molecule has 1 aliphatic rings. The van der Waals surface area contributed by atoms with Gasteiger partial charge in [0.05, 0.1) is 11.4 Å². The summed E-state index contributed by atoms with van der Waals surface area (Å²) in [6.07, 6.45) is 2.06. The molecule has 1 aromatic rings. The lowest BCUT2D eigenvalue weighted by Gasteiger charge is -2.21. The van der Waals surface area contributed by atoms with Crippen LogP contribution < -0.4 is 5.32 Å². The molecule has 6 heteroatoms. The highest BCUT2D eigenvalue weighted by atomic mass is 32.2. The first-order chi connectivity index (χ1) is 8.37. The van der Waals surface area contributed by atoms with Crippen LogP contribution in [0.4, 0.5) is 0 Å². The molecule has 0 saturated heterocycles. The molecule has 1 aliphatic heterocycles. The summed E-state index contributed by atoms with van der Waals surface area (Å²) in [5, 5.41) is 3.31. The molecule has 0 spiro atoms. The SMILES string of the molecule is CC(C)c1nc(CS(C)(=O)=O)nc2c1CNCC2. The van der Waals surface area contributed by atoms with Gasteiger partial charge in [-0.05, 0) is 5.92 Å². The first kappa shape index (κ1) is 13.4. The second-order valence-electron chi connectivity index (χ2n) is 5.10. The van der Waals surface area contributed by atoms with Crippen molar-refractivity contribution in [2.24, 2.45) is 0 Å². The molecule has 0 aromatic carbocycles. The summed E-state index contributed by atoms with van der Waals surface area (Å²) in [5.41, 5.74) is 3.13. The number of hydrogen-bond donors (Lipinski definition) is 1. The van der Waals surface area contributed by atoms with Crippen molar-refractivity contribution in [3.63, 3.8) is 0 Å². The van der Waals surface area contributed by atoms with E-state index in [-0.39, 0.29) is 11.7 Å². The molecule has 0 atom stereocenters. The fraction of sp³-hybridized carbons (Fsp3) is 0.667.